The van der Waals surface area contributed by atoms with Gasteiger partial charge in [0.1, 0.15) is 11.5 Å². The number of hydrogen-bond donors (Lipinski definition) is 3. The molecule has 0 fully saturated rings. The number of nitrogens with one attached hydrogen (secondary N) is 3. The van der Waals surface area contributed by atoms with Crippen LogP contribution in [0.4, 0.5) is 17.2 Å². The summed E-state index contributed by atoms with van der Waals surface area (Å²) in [5.41, 5.74) is 5.97. The van der Waals surface area contributed by atoms with Crippen LogP contribution in [0.3, 0.4) is 0 Å². The smallest absolute Gasteiger partial charge is 0.274 e. The molecular formula is C28H22N8O. The number of carbonyl (C=O) groups is 1. The summed E-state index contributed by atoms with van der Waals surface area (Å²) < 4.78 is 0. The van der Waals surface area contributed by atoms with Crippen molar-refractivity contribution < 1.29 is 4.79 Å². The molecule has 0 aliphatic carbocycles. The molecule has 0 radical (unpaired) electrons. The number of carbonyl (C=O) groups excluding carboxylic acids is 1. The lowest BCUT2D eigenvalue weighted by molar-refractivity contribution is 0.0989. The molecule has 0 aliphatic heterocycles. The Morgan fingerprint density at radius 2 is 1.70 bits per heavy atom. The van der Waals surface area contributed by atoms with Crippen molar-refractivity contribution in [2.24, 2.45) is 0 Å². The Kier molecular flexibility index (Phi) is 5.62. The predicted molar refractivity (Wildman–Crippen MR) is 144 cm³/mol. The summed E-state index contributed by atoms with van der Waals surface area (Å²) in [7, 11) is 1.74. The van der Waals surface area contributed by atoms with Crippen LogP contribution in [-0.4, -0.2) is 43.1 Å². The van der Waals surface area contributed by atoms with Gasteiger partial charge in [-0.25, -0.2) is 9.97 Å². The van der Waals surface area contributed by atoms with Crippen LogP contribution in [0.25, 0.3) is 33.4 Å². The third kappa shape index (κ3) is 4.53. The van der Waals surface area contributed by atoms with E-state index >= 15 is 0 Å². The first-order valence-electron chi connectivity index (χ1n) is 11.6. The summed E-state index contributed by atoms with van der Waals surface area (Å²) >= 11 is 0. The molecule has 6 aromatic rings. The van der Waals surface area contributed by atoms with Crippen molar-refractivity contribution in [2.45, 2.75) is 0 Å². The van der Waals surface area contributed by atoms with E-state index < -0.39 is 0 Å². The molecular weight excluding hydrogens is 464 g/mol. The fourth-order valence-electron chi connectivity index (χ4n) is 4.12. The maximum atomic E-state index is 13.0. The van der Waals surface area contributed by atoms with Crippen molar-refractivity contribution in [3.63, 3.8) is 0 Å². The van der Waals surface area contributed by atoms with E-state index in [4.69, 9.17) is 4.98 Å². The molecule has 0 unspecified atom stereocenters. The Hall–Kier alpha value is -5.31. The lowest BCUT2D eigenvalue weighted by atomic mass is 10.1. The topological polar surface area (TPSA) is 115 Å². The quantitative estimate of drug-likeness (QED) is 0.289. The van der Waals surface area contributed by atoms with Gasteiger partial charge < -0.3 is 15.2 Å². The summed E-state index contributed by atoms with van der Waals surface area (Å²) in [6, 6.07) is 21.2. The van der Waals surface area contributed by atoms with E-state index in [-0.39, 0.29) is 5.91 Å². The van der Waals surface area contributed by atoms with Crippen LogP contribution in [-0.2, 0) is 0 Å². The first-order valence-corrected chi connectivity index (χ1v) is 11.6. The van der Waals surface area contributed by atoms with E-state index in [0.717, 1.165) is 39.0 Å². The van der Waals surface area contributed by atoms with Crippen LogP contribution in [0.1, 0.15) is 10.5 Å². The third-order valence-electron chi connectivity index (χ3n) is 6.11. The van der Waals surface area contributed by atoms with E-state index in [0.29, 0.717) is 17.3 Å². The van der Waals surface area contributed by atoms with Crippen molar-refractivity contribution in [3.8, 4) is 22.5 Å². The average Bonchev–Trinajstić information content (AvgIpc) is 3.63. The van der Waals surface area contributed by atoms with Crippen LogP contribution in [0.15, 0.2) is 97.7 Å². The van der Waals surface area contributed by atoms with Crippen LogP contribution < -0.4 is 10.2 Å². The zero-order valence-corrected chi connectivity index (χ0v) is 19.9. The molecule has 1 amide bonds. The van der Waals surface area contributed by atoms with Gasteiger partial charge in [0.05, 0.1) is 6.20 Å². The first-order chi connectivity index (χ1) is 18.1. The van der Waals surface area contributed by atoms with Crippen molar-refractivity contribution in [1.29, 1.82) is 0 Å². The average molecular weight is 487 g/mol. The minimum Gasteiger partial charge on any atom is -0.350 e. The van der Waals surface area contributed by atoms with E-state index in [1.807, 2.05) is 60.8 Å². The SMILES string of the molecule is CN(C(=O)c1cc2ccc(-c3nccc(Nc4ccc(-c5cn[nH]c5)cc4)n3)cc2[nH]1)c1ccncc1. The molecule has 0 aliphatic rings. The maximum absolute atomic E-state index is 13.0. The highest BCUT2D eigenvalue weighted by molar-refractivity contribution is 6.07. The number of rotatable bonds is 6. The van der Waals surface area contributed by atoms with Crippen molar-refractivity contribution in [2.75, 3.05) is 17.3 Å². The van der Waals surface area contributed by atoms with Gasteiger partial charge in [-0.15, -0.1) is 0 Å². The fraction of sp³-hybridized carbons (Fsp3) is 0.0357. The molecule has 0 saturated carbocycles. The van der Waals surface area contributed by atoms with Gasteiger partial charge in [-0.3, -0.25) is 14.9 Å². The van der Waals surface area contributed by atoms with Crippen molar-refractivity contribution in [3.05, 3.63) is 103 Å². The molecule has 180 valence electrons. The Morgan fingerprint density at radius 3 is 2.49 bits per heavy atom. The molecule has 6 rings (SSSR count). The number of aromatic amines is 2. The van der Waals surface area contributed by atoms with Gasteiger partial charge in [0, 0.05) is 65.2 Å². The Morgan fingerprint density at radius 1 is 0.892 bits per heavy atom. The number of pyridine rings is 1. The highest BCUT2D eigenvalue weighted by Crippen LogP contribution is 2.26. The van der Waals surface area contributed by atoms with Crippen LogP contribution in [0.5, 0.6) is 0 Å². The van der Waals surface area contributed by atoms with Crippen molar-refractivity contribution >= 4 is 34.0 Å². The second kappa shape index (κ2) is 9.38. The lowest BCUT2D eigenvalue weighted by Crippen LogP contribution is -2.26. The summed E-state index contributed by atoms with van der Waals surface area (Å²) in [6.07, 6.45) is 8.70. The van der Waals surface area contributed by atoms with E-state index in [2.05, 4.69) is 30.5 Å². The van der Waals surface area contributed by atoms with Gasteiger partial charge in [-0.05, 0) is 48.0 Å². The molecule has 4 aromatic heterocycles. The summed E-state index contributed by atoms with van der Waals surface area (Å²) in [6.45, 7) is 0. The Bertz CT molecular complexity index is 1680. The van der Waals surface area contributed by atoms with Gasteiger partial charge in [-0.1, -0.05) is 24.3 Å². The van der Waals surface area contributed by atoms with Crippen LogP contribution in [0.2, 0.25) is 0 Å². The highest BCUT2D eigenvalue weighted by atomic mass is 16.2. The molecule has 37 heavy (non-hydrogen) atoms. The number of aromatic nitrogens is 6. The van der Waals surface area contributed by atoms with Crippen LogP contribution in [0, 0.1) is 0 Å². The normalized spacial score (nSPS) is 10.9. The number of hydrogen-bond acceptors (Lipinski definition) is 6. The second-order valence-corrected chi connectivity index (χ2v) is 8.51. The molecule has 0 saturated heterocycles. The number of benzene rings is 2. The van der Waals surface area contributed by atoms with E-state index in [9.17, 15) is 4.79 Å². The molecule has 0 bridgehead atoms. The Balaban J connectivity index is 1.22. The largest absolute Gasteiger partial charge is 0.350 e. The van der Waals surface area contributed by atoms with Gasteiger partial charge >= 0.3 is 0 Å². The predicted octanol–water partition coefficient (Wildman–Crippen LogP) is 5.43. The minimum absolute atomic E-state index is 0.134. The van der Waals surface area contributed by atoms with Crippen molar-refractivity contribution in [1.82, 2.24) is 30.1 Å². The van der Waals surface area contributed by atoms with Gasteiger partial charge in [0.2, 0.25) is 0 Å². The van der Waals surface area contributed by atoms with Gasteiger partial charge in [-0.2, -0.15) is 5.10 Å². The van der Waals surface area contributed by atoms with Gasteiger partial charge in [0.15, 0.2) is 5.82 Å². The third-order valence-corrected chi connectivity index (χ3v) is 6.11. The molecule has 9 nitrogen and oxygen atoms in total. The monoisotopic (exact) mass is 486 g/mol. The lowest BCUT2D eigenvalue weighted by Gasteiger charge is -2.15. The molecule has 0 spiro atoms. The minimum atomic E-state index is -0.134. The van der Waals surface area contributed by atoms with E-state index in [1.165, 1.54) is 0 Å². The first kappa shape index (κ1) is 22.2. The molecule has 9 heteroatoms. The molecule has 2 aromatic carbocycles. The number of amides is 1. The summed E-state index contributed by atoms with van der Waals surface area (Å²) in [5, 5.41) is 11.1. The second-order valence-electron chi connectivity index (χ2n) is 8.51. The molecule has 3 N–H and O–H groups in total. The Labute approximate surface area is 212 Å². The highest BCUT2D eigenvalue weighted by Gasteiger charge is 2.16. The maximum Gasteiger partial charge on any atom is 0.274 e. The number of anilines is 3. The molecule has 4 heterocycles. The fourth-order valence-corrected chi connectivity index (χ4v) is 4.12. The molecule has 0 atom stereocenters. The summed E-state index contributed by atoms with van der Waals surface area (Å²) in [5.74, 6) is 1.13. The summed E-state index contributed by atoms with van der Waals surface area (Å²) in [4.78, 5) is 31.0. The number of nitrogens with zero attached hydrogens (tertiary/aromatic N) is 5. The zero-order valence-electron chi connectivity index (χ0n) is 19.9. The zero-order chi connectivity index (χ0) is 25.2. The van der Waals surface area contributed by atoms with Gasteiger partial charge in [0.25, 0.3) is 5.91 Å². The number of fused-ring (bicyclic) bond motifs is 1. The standard InChI is InChI=1S/C28H22N8O/c1-36(23-8-11-29-12-9-23)28(37)25-14-19-2-3-20(15-24(19)34-25)27-30-13-10-26(35-27)33-22-6-4-18(5-7-22)21-16-31-32-17-21/h2-17,34H,1H3,(H,31,32)(H,30,33,35). The van der Waals surface area contributed by atoms with Crippen LogP contribution >= 0.6 is 0 Å². The van der Waals surface area contributed by atoms with E-state index in [1.54, 1.807) is 48.9 Å². The number of H-pyrrole nitrogens is 2.